The number of hydrogen-bond acceptors (Lipinski definition) is 3. The number of urea groups is 1. The summed E-state index contributed by atoms with van der Waals surface area (Å²) in [6.45, 7) is 0.336. The largest absolute Gasteiger partial charge is 0.485 e. The third kappa shape index (κ3) is 4.65. The van der Waals surface area contributed by atoms with E-state index in [0.29, 0.717) is 23.2 Å². The molecule has 4 aromatic rings. The molecule has 5 nitrogen and oxygen atoms in total. The number of amides is 2. The number of benzene rings is 3. The molecule has 3 aromatic carbocycles. The Morgan fingerprint density at radius 2 is 1.69 bits per heavy atom. The van der Waals surface area contributed by atoms with Gasteiger partial charge in [-0.1, -0.05) is 60.1 Å². The first-order chi connectivity index (χ1) is 14.2. The number of pyridine rings is 1. The summed E-state index contributed by atoms with van der Waals surface area (Å²) in [7, 11) is 0. The van der Waals surface area contributed by atoms with Crippen LogP contribution in [0.3, 0.4) is 0 Å². The van der Waals surface area contributed by atoms with Crippen molar-refractivity contribution < 1.29 is 9.53 Å². The van der Waals surface area contributed by atoms with E-state index in [1.54, 1.807) is 30.5 Å². The molecular formula is C23H18ClN3O2. The second-order valence-corrected chi connectivity index (χ2v) is 6.81. The molecule has 2 N–H and O–H groups in total. The molecule has 29 heavy (non-hydrogen) atoms. The summed E-state index contributed by atoms with van der Waals surface area (Å²) in [5.41, 5.74) is 1.68. The van der Waals surface area contributed by atoms with Gasteiger partial charge < -0.3 is 10.1 Å². The quantitative estimate of drug-likeness (QED) is 0.422. The van der Waals surface area contributed by atoms with Crippen LogP contribution in [0.25, 0.3) is 10.8 Å². The van der Waals surface area contributed by atoms with Gasteiger partial charge in [-0.05, 0) is 41.3 Å². The zero-order chi connectivity index (χ0) is 20.1. The van der Waals surface area contributed by atoms with Crippen molar-refractivity contribution in [3.8, 4) is 5.75 Å². The number of carbonyl (C=O) groups is 1. The molecule has 0 unspecified atom stereocenters. The summed E-state index contributed by atoms with van der Waals surface area (Å²) in [5, 5.41) is 8.33. The monoisotopic (exact) mass is 403 g/mol. The van der Waals surface area contributed by atoms with E-state index in [0.717, 1.165) is 22.0 Å². The van der Waals surface area contributed by atoms with Crippen molar-refractivity contribution >= 4 is 39.9 Å². The second kappa shape index (κ2) is 8.63. The Hall–Kier alpha value is -3.57. The Morgan fingerprint density at radius 3 is 2.55 bits per heavy atom. The van der Waals surface area contributed by atoms with E-state index in [9.17, 15) is 4.79 Å². The maximum atomic E-state index is 12.6. The molecule has 0 fully saturated rings. The Bertz CT molecular complexity index is 1140. The standard InChI is InChI=1S/C23H18ClN3O2/c24-18-12-10-16(11-13-18)15-29-21-9-4-14-25-22(21)27-23(28)26-20-8-3-6-17-5-1-2-7-19(17)20/h1-14H,15H2,(H2,25,26,27,28). The maximum Gasteiger partial charge on any atom is 0.324 e. The zero-order valence-corrected chi connectivity index (χ0v) is 16.2. The number of carbonyl (C=O) groups excluding carboxylic acids is 1. The Kier molecular flexibility index (Phi) is 5.59. The first-order valence-electron chi connectivity index (χ1n) is 9.07. The molecule has 0 bridgehead atoms. The molecule has 1 aromatic heterocycles. The molecule has 0 spiro atoms. The van der Waals surface area contributed by atoms with Gasteiger partial charge >= 0.3 is 6.03 Å². The Balaban J connectivity index is 1.46. The van der Waals surface area contributed by atoms with Crippen LogP contribution in [0, 0.1) is 0 Å². The van der Waals surface area contributed by atoms with Gasteiger partial charge in [0.1, 0.15) is 6.61 Å². The highest BCUT2D eigenvalue weighted by Crippen LogP contribution is 2.25. The van der Waals surface area contributed by atoms with Gasteiger partial charge in [0.05, 0.1) is 5.69 Å². The topological polar surface area (TPSA) is 63.2 Å². The minimum Gasteiger partial charge on any atom is -0.485 e. The SMILES string of the molecule is O=C(Nc1ncccc1OCc1ccc(Cl)cc1)Nc1cccc2ccccc12. The van der Waals surface area contributed by atoms with Crippen molar-refractivity contribution in [3.05, 3.63) is 95.6 Å². The van der Waals surface area contributed by atoms with Crippen LogP contribution in [0.2, 0.25) is 5.02 Å². The zero-order valence-electron chi connectivity index (χ0n) is 15.4. The minimum atomic E-state index is -0.392. The molecule has 0 saturated heterocycles. The van der Waals surface area contributed by atoms with Crippen molar-refractivity contribution in [2.75, 3.05) is 10.6 Å². The summed E-state index contributed by atoms with van der Waals surface area (Å²) in [6.07, 6.45) is 1.60. The molecule has 144 valence electrons. The molecule has 4 rings (SSSR count). The molecule has 0 aliphatic rings. The van der Waals surface area contributed by atoms with Gasteiger partial charge in [-0.15, -0.1) is 0 Å². The third-order valence-electron chi connectivity index (χ3n) is 4.35. The summed E-state index contributed by atoms with van der Waals surface area (Å²) < 4.78 is 5.84. The van der Waals surface area contributed by atoms with Crippen molar-refractivity contribution in [3.63, 3.8) is 0 Å². The number of fused-ring (bicyclic) bond motifs is 1. The highest BCUT2D eigenvalue weighted by Gasteiger charge is 2.11. The van der Waals surface area contributed by atoms with Crippen molar-refractivity contribution in [1.29, 1.82) is 0 Å². The van der Waals surface area contributed by atoms with E-state index in [4.69, 9.17) is 16.3 Å². The first kappa shape index (κ1) is 18.8. The maximum absolute atomic E-state index is 12.6. The minimum absolute atomic E-state index is 0.336. The van der Waals surface area contributed by atoms with Crippen LogP contribution in [-0.2, 0) is 6.61 Å². The summed E-state index contributed by atoms with van der Waals surface area (Å²) >= 11 is 5.91. The van der Waals surface area contributed by atoms with E-state index >= 15 is 0 Å². The number of ether oxygens (including phenoxy) is 1. The van der Waals surface area contributed by atoms with Crippen molar-refractivity contribution in [2.24, 2.45) is 0 Å². The summed E-state index contributed by atoms with van der Waals surface area (Å²) in [6, 6.07) is 24.1. The van der Waals surface area contributed by atoms with E-state index in [-0.39, 0.29) is 0 Å². The van der Waals surface area contributed by atoms with Gasteiger partial charge in [0.2, 0.25) is 0 Å². The summed E-state index contributed by atoms with van der Waals surface area (Å²) in [4.78, 5) is 16.8. The molecule has 0 aliphatic heterocycles. The van der Waals surface area contributed by atoms with Gasteiger partial charge in [0.15, 0.2) is 11.6 Å². The lowest BCUT2D eigenvalue weighted by molar-refractivity contribution is 0.261. The highest BCUT2D eigenvalue weighted by atomic mass is 35.5. The predicted molar refractivity (Wildman–Crippen MR) is 117 cm³/mol. The van der Waals surface area contributed by atoms with Gasteiger partial charge in [0, 0.05) is 16.6 Å². The lowest BCUT2D eigenvalue weighted by Crippen LogP contribution is -2.20. The van der Waals surface area contributed by atoms with E-state index in [2.05, 4.69) is 15.6 Å². The Morgan fingerprint density at radius 1 is 0.897 bits per heavy atom. The van der Waals surface area contributed by atoms with Gasteiger partial charge in [0.25, 0.3) is 0 Å². The van der Waals surface area contributed by atoms with Crippen molar-refractivity contribution in [1.82, 2.24) is 4.98 Å². The molecule has 1 heterocycles. The van der Waals surface area contributed by atoms with E-state index in [1.165, 1.54) is 0 Å². The van der Waals surface area contributed by atoms with Crippen LogP contribution in [-0.4, -0.2) is 11.0 Å². The number of rotatable bonds is 5. The number of nitrogens with zero attached hydrogens (tertiary/aromatic N) is 1. The average Bonchev–Trinajstić information content (AvgIpc) is 2.74. The molecule has 2 amide bonds. The molecule has 0 atom stereocenters. The molecule has 6 heteroatoms. The lowest BCUT2D eigenvalue weighted by atomic mass is 10.1. The fourth-order valence-corrected chi connectivity index (χ4v) is 3.06. The highest BCUT2D eigenvalue weighted by molar-refractivity contribution is 6.30. The van der Waals surface area contributed by atoms with Gasteiger partial charge in [-0.3, -0.25) is 5.32 Å². The number of nitrogens with one attached hydrogen (secondary N) is 2. The third-order valence-corrected chi connectivity index (χ3v) is 4.60. The van der Waals surface area contributed by atoms with Crippen molar-refractivity contribution in [2.45, 2.75) is 6.61 Å². The normalized spacial score (nSPS) is 10.5. The van der Waals surface area contributed by atoms with Crippen LogP contribution in [0.1, 0.15) is 5.56 Å². The second-order valence-electron chi connectivity index (χ2n) is 6.37. The predicted octanol–water partition coefficient (Wildman–Crippen LogP) is 6.11. The van der Waals surface area contributed by atoms with Crippen LogP contribution < -0.4 is 15.4 Å². The van der Waals surface area contributed by atoms with E-state index < -0.39 is 6.03 Å². The van der Waals surface area contributed by atoms with Crippen LogP contribution in [0.5, 0.6) is 5.75 Å². The van der Waals surface area contributed by atoms with Gasteiger partial charge in [-0.2, -0.15) is 0 Å². The van der Waals surface area contributed by atoms with E-state index in [1.807, 2.05) is 54.6 Å². The number of hydrogen-bond donors (Lipinski definition) is 2. The molecular weight excluding hydrogens is 386 g/mol. The molecule has 0 saturated carbocycles. The smallest absolute Gasteiger partial charge is 0.324 e. The molecule has 0 radical (unpaired) electrons. The molecule has 0 aliphatic carbocycles. The fraction of sp³-hybridized carbons (Fsp3) is 0.0435. The van der Waals surface area contributed by atoms with Crippen LogP contribution >= 0.6 is 11.6 Å². The lowest BCUT2D eigenvalue weighted by Gasteiger charge is -2.13. The fourth-order valence-electron chi connectivity index (χ4n) is 2.94. The Labute approximate surface area is 173 Å². The van der Waals surface area contributed by atoms with Crippen LogP contribution in [0.4, 0.5) is 16.3 Å². The first-order valence-corrected chi connectivity index (χ1v) is 9.45. The summed E-state index contributed by atoms with van der Waals surface area (Å²) in [5.74, 6) is 0.828. The average molecular weight is 404 g/mol. The van der Waals surface area contributed by atoms with Crippen LogP contribution in [0.15, 0.2) is 85.1 Å². The van der Waals surface area contributed by atoms with Gasteiger partial charge in [-0.25, -0.2) is 9.78 Å². The number of aromatic nitrogens is 1. The number of halogens is 1. The number of anilines is 2.